The van der Waals surface area contributed by atoms with Gasteiger partial charge in [-0.15, -0.1) is 5.10 Å². The molecule has 0 aliphatic carbocycles. The van der Waals surface area contributed by atoms with Crippen molar-refractivity contribution in [1.82, 2.24) is 14.8 Å². The first kappa shape index (κ1) is 29.3. The number of hydrogen-bond acceptors (Lipinski definition) is 8. The van der Waals surface area contributed by atoms with E-state index in [2.05, 4.69) is 10.6 Å². The van der Waals surface area contributed by atoms with Crippen LogP contribution in [0.15, 0.2) is 83.2 Å². The molecule has 0 fully saturated rings. The lowest BCUT2D eigenvalue weighted by atomic mass is 9.94. The summed E-state index contributed by atoms with van der Waals surface area (Å²) < 4.78 is 18.9. The zero-order valence-electron chi connectivity index (χ0n) is 23.8. The van der Waals surface area contributed by atoms with Gasteiger partial charge in [0, 0.05) is 16.5 Å². The molecule has 4 aromatic rings. The Bertz CT molecular complexity index is 1620. The van der Waals surface area contributed by atoms with Crippen LogP contribution >= 0.6 is 23.4 Å². The summed E-state index contributed by atoms with van der Waals surface area (Å²) in [5, 5.41) is 12.4. The minimum Gasteiger partial charge on any atom is -0.493 e. The SMILES string of the molecule is CCOc1ccccc1NC(=O)C1=C(C)Nc2nc(SCc3ccccc3Cl)nn2C1c1ccc(OC)c(OCC)c1. The zero-order chi connectivity index (χ0) is 29.6. The molecule has 42 heavy (non-hydrogen) atoms. The molecule has 0 spiro atoms. The molecule has 1 aromatic heterocycles. The number of halogens is 1. The normalized spacial score (nSPS) is 14.2. The highest BCUT2D eigenvalue weighted by Gasteiger charge is 2.35. The Hall–Kier alpha value is -4.15. The smallest absolute Gasteiger partial charge is 0.255 e. The highest BCUT2D eigenvalue weighted by atomic mass is 35.5. The van der Waals surface area contributed by atoms with Crippen molar-refractivity contribution in [3.05, 3.63) is 94.1 Å². The van der Waals surface area contributed by atoms with Crippen LogP contribution in [0.3, 0.4) is 0 Å². The third-order valence-electron chi connectivity index (χ3n) is 6.63. The lowest BCUT2D eigenvalue weighted by Gasteiger charge is -2.29. The number of ether oxygens (including phenoxy) is 3. The second-order valence-electron chi connectivity index (χ2n) is 9.34. The van der Waals surface area contributed by atoms with Gasteiger partial charge >= 0.3 is 0 Å². The molecule has 1 amide bonds. The van der Waals surface area contributed by atoms with Gasteiger partial charge in [0.05, 0.1) is 31.6 Å². The first-order valence-corrected chi connectivity index (χ1v) is 14.9. The minimum atomic E-state index is -0.604. The van der Waals surface area contributed by atoms with E-state index in [1.54, 1.807) is 11.8 Å². The van der Waals surface area contributed by atoms with Gasteiger partial charge in [0.1, 0.15) is 11.8 Å². The number of carbonyl (C=O) groups excluding carboxylic acids is 1. The van der Waals surface area contributed by atoms with E-state index in [0.717, 1.165) is 11.1 Å². The summed E-state index contributed by atoms with van der Waals surface area (Å²) in [6, 6.07) is 20.1. The highest BCUT2D eigenvalue weighted by Crippen LogP contribution is 2.40. The predicted octanol–water partition coefficient (Wildman–Crippen LogP) is 6.96. The van der Waals surface area contributed by atoms with E-state index in [-0.39, 0.29) is 5.91 Å². The quantitative estimate of drug-likeness (QED) is 0.177. The second kappa shape index (κ2) is 13.2. The van der Waals surface area contributed by atoms with E-state index in [9.17, 15) is 4.79 Å². The molecule has 0 radical (unpaired) electrons. The summed E-state index contributed by atoms with van der Waals surface area (Å²) in [5.41, 5.74) is 3.49. The van der Waals surface area contributed by atoms with Crippen molar-refractivity contribution < 1.29 is 19.0 Å². The van der Waals surface area contributed by atoms with E-state index in [0.29, 0.717) is 69.3 Å². The van der Waals surface area contributed by atoms with Gasteiger partial charge < -0.3 is 24.8 Å². The fourth-order valence-electron chi connectivity index (χ4n) is 4.73. The monoisotopic (exact) mass is 605 g/mol. The summed E-state index contributed by atoms with van der Waals surface area (Å²) in [5.74, 6) is 2.59. The van der Waals surface area contributed by atoms with Crippen LogP contribution in [0.2, 0.25) is 5.02 Å². The van der Waals surface area contributed by atoms with Crippen LogP contribution in [0.1, 0.15) is 37.9 Å². The molecule has 0 saturated heterocycles. The average molecular weight is 606 g/mol. The van der Waals surface area contributed by atoms with E-state index in [1.807, 2.05) is 87.5 Å². The summed E-state index contributed by atoms with van der Waals surface area (Å²) in [6.45, 7) is 6.60. The number of hydrogen-bond donors (Lipinski definition) is 2. The Morgan fingerprint density at radius 2 is 1.76 bits per heavy atom. The maximum Gasteiger partial charge on any atom is 0.255 e. The fourth-order valence-corrected chi connectivity index (χ4v) is 5.84. The Balaban J connectivity index is 1.54. The maximum atomic E-state index is 14.0. The van der Waals surface area contributed by atoms with E-state index < -0.39 is 6.04 Å². The van der Waals surface area contributed by atoms with Crippen molar-refractivity contribution in [1.29, 1.82) is 0 Å². The molecular weight excluding hydrogens is 574 g/mol. The van der Waals surface area contributed by atoms with Gasteiger partial charge in [-0.2, -0.15) is 4.98 Å². The van der Waals surface area contributed by atoms with Gasteiger partial charge in [-0.25, -0.2) is 4.68 Å². The van der Waals surface area contributed by atoms with E-state index >= 15 is 0 Å². The standard InChI is InChI=1S/C31H32ClN5O4S/c1-5-40-24-14-10-9-13-23(24)34-29(38)27-19(3)33-30-35-31(42-18-21-11-7-8-12-22(21)32)36-37(30)28(27)20-15-16-25(39-4)26(17-20)41-6-2/h7-17,28H,5-6,18H2,1-4H3,(H,34,38)(H,33,35,36). The molecule has 1 atom stereocenters. The van der Waals surface area contributed by atoms with Crippen molar-refractivity contribution in [2.24, 2.45) is 0 Å². The first-order valence-electron chi connectivity index (χ1n) is 13.6. The van der Waals surface area contributed by atoms with Crippen molar-refractivity contribution >= 4 is 40.9 Å². The average Bonchev–Trinajstić information content (AvgIpc) is 3.39. The van der Waals surface area contributed by atoms with Crippen LogP contribution in [0.5, 0.6) is 17.2 Å². The summed E-state index contributed by atoms with van der Waals surface area (Å²) >= 11 is 7.85. The van der Waals surface area contributed by atoms with Gasteiger partial charge in [-0.1, -0.05) is 59.8 Å². The number of methoxy groups -OCH3 is 1. The molecule has 3 aromatic carbocycles. The van der Waals surface area contributed by atoms with Crippen LogP contribution in [0, 0.1) is 0 Å². The lowest BCUT2D eigenvalue weighted by Crippen LogP contribution is -2.31. The van der Waals surface area contributed by atoms with Crippen LogP contribution in [-0.2, 0) is 10.5 Å². The Labute approximate surface area is 254 Å². The Morgan fingerprint density at radius 1 is 1.02 bits per heavy atom. The summed E-state index contributed by atoms with van der Waals surface area (Å²) in [6.07, 6.45) is 0. The van der Waals surface area contributed by atoms with Crippen LogP contribution in [0.4, 0.5) is 11.6 Å². The third-order valence-corrected chi connectivity index (χ3v) is 7.89. The molecule has 11 heteroatoms. The molecule has 0 saturated carbocycles. The van der Waals surface area contributed by atoms with E-state index in [1.165, 1.54) is 11.8 Å². The number of fused-ring (bicyclic) bond motifs is 1. The van der Waals surface area contributed by atoms with Crippen molar-refractivity contribution in [2.45, 2.75) is 37.7 Å². The number of anilines is 2. The topological polar surface area (TPSA) is 99.5 Å². The van der Waals surface area contributed by atoms with Gasteiger partial charge in [-0.05, 0) is 62.2 Å². The van der Waals surface area contributed by atoms with Crippen molar-refractivity contribution in [2.75, 3.05) is 31.0 Å². The predicted molar refractivity (Wildman–Crippen MR) is 166 cm³/mol. The first-order chi connectivity index (χ1) is 20.4. The Morgan fingerprint density at radius 3 is 2.52 bits per heavy atom. The molecule has 1 aliphatic rings. The number of nitrogens with one attached hydrogen (secondary N) is 2. The fraction of sp³-hybridized carbons (Fsp3) is 0.258. The van der Waals surface area contributed by atoms with Crippen molar-refractivity contribution in [3.8, 4) is 17.2 Å². The second-order valence-corrected chi connectivity index (χ2v) is 10.7. The van der Waals surface area contributed by atoms with Gasteiger partial charge in [-0.3, -0.25) is 4.79 Å². The highest BCUT2D eigenvalue weighted by molar-refractivity contribution is 7.98. The number of amides is 1. The van der Waals surface area contributed by atoms with E-state index in [4.69, 9.17) is 35.9 Å². The molecule has 218 valence electrons. The molecule has 1 aliphatic heterocycles. The maximum absolute atomic E-state index is 14.0. The number of benzene rings is 3. The number of thioether (sulfide) groups is 1. The summed E-state index contributed by atoms with van der Waals surface area (Å²) in [4.78, 5) is 18.8. The number of rotatable bonds is 11. The molecule has 2 N–H and O–H groups in total. The number of carbonyl (C=O) groups is 1. The summed E-state index contributed by atoms with van der Waals surface area (Å²) in [7, 11) is 1.60. The molecule has 9 nitrogen and oxygen atoms in total. The number of nitrogens with zero attached hydrogens (tertiary/aromatic N) is 3. The number of para-hydroxylation sites is 2. The minimum absolute atomic E-state index is 0.294. The lowest BCUT2D eigenvalue weighted by molar-refractivity contribution is -0.113. The van der Waals surface area contributed by atoms with Gasteiger partial charge in [0.15, 0.2) is 11.5 Å². The van der Waals surface area contributed by atoms with Crippen LogP contribution in [0.25, 0.3) is 0 Å². The van der Waals surface area contributed by atoms with Crippen LogP contribution < -0.4 is 24.8 Å². The van der Waals surface area contributed by atoms with Gasteiger partial charge in [0.2, 0.25) is 11.1 Å². The van der Waals surface area contributed by atoms with Crippen LogP contribution in [-0.4, -0.2) is 41.0 Å². The molecular formula is C31H32ClN5O4S. The third kappa shape index (κ3) is 6.19. The molecule has 0 bridgehead atoms. The number of aromatic nitrogens is 3. The zero-order valence-corrected chi connectivity index (χ0v) is 25.4. The number of allylic oxidation sites excluding steroid dienone is 1. The Kier molecular flexibility index (Phi) is 9.24. The van der Waals surface area contributed by atoms with Gasteiger partial charge in [0.25, 0.3) is 5.91 Å². The molecule has 2 heterocycles. The van der Waals surface area contributed by atoms with Crippen molar-refractivity contribution in [3.63, 3.8) is 0 Å². The largest absolute Gasteiger partial charge is 0.493 e. The molecule has 1 unspecified atom stereocenters. The molecule has 5 rings (SSSR count).